The normalized spacial score (nSPS) is 15.7. The van der Waals surface area contributed by atoms with Crippen LogP contribution in [-0.2, 0) is 11.3 Å². The number of carbonyl (C=O) groups is 1. The van der Waals surface area contributed by atoms with Crippen molar-refractivity contribution in [3.63, 3.8) is 0 Å². The summed E-state index contributed by atoms with van der Waals surface area (Å²) in [6, 6.07) is 10.3. The van der Waals surface area contributed by atoms with Crippen molar-refractivity contribution < 1.29 is 4.79 Å². The lowest BCUT2D eigenvalue weighted by Gasteiger charge is -2.11. The minimum Gasteiger partial charge on any atom is -0.351 e. The van der Waals surface area contributed by atoms with Crippen molar-refractivity contribution in [1.29, 1.82) is 0 Å². The molecule has 1 fully saturated rings. The first kappa shape index (κ1) is 14.1. The largest absolute Gasteiger partial charge is 0.351 e. The predicted octanol–water partition coefficient (Wildman–Crippen LogP) is 1.80. The third-order valence-electron chi connectivity index (χ3n) is 3.32. The Morgan fingerprint density at radius 1 is 1.43 bits per heavy atom. The molecule has 3 rings (SSSR count). The van der Waals surface area contributed by atoms with Gasteiger partial charge in [0.15, 0.2) is 0 Å². The molecule has 0 radical (unpaired) electrons. The van der Waals surface area contributed by atoms with Crippen LogP contribution >= 0.6 is 11.8 Å². The summed E-state index contributed by atoms with van der Waals surface area (Å²) in [4.78, 5) is 12.1. The van der Waals surface area contributed by atoms with Crippen LogP contribution in [0.5, 0.6) is 0 Å². The van der Waals surface area contributed by atoms with Gasteiger partial charge in [-0.05, 0) is 35.8 Å². The molecular weight excluding hydrogens is 286 g/mol. The summed E-state index contributed by atoms with van der Waals surface area (Å²) in [6.45, 7) is 2.41. The van der Waals surface area contributed by atoms with Gasteiger partial charge in [-0.2, -0.15) is 0 Å². The van der Waals surface area contributed by atoms with Crippen molar-refractivity contribution in [2.45, 2.75) is 42.8 Å². The van der Waals surface area contributed by atoms with Gasteiger partial charge in [0.2, 0.25) is 11.1 Å². The lowest BCUT2D eigenvalue weighted by molar-refractivity contribution is -0.120. The Morgan fingerprint density at radius 3 is 2.90 bits per heavy atom. The summed E-state index contributed by atoms with van der Waals surface area (Å²) in [7, 11) is 0. The molecule has 1 atom stereocenters. The zero-order valence-corrected chi connectivity index (χ0v) is 12.6. The van der Waals surface area contributed by atoms with E-state index >= 15 is 0 Å². The SMILES string of the molecule is CC(Sc1nnnn1C1CC1)C(=O)NCc1ccccc1. The van der Waals surface area contributed by atoms with E-state index in [1.165, 1.54) is 11.8 Å². The Hall–Kier alpha value is -1.89. The zero-order valence-electron chi connectivity index (χ0n) is 11.8. The van der Waals surface area contributed by atoms with Gasteiger partial charge >= 0.3 is 0 Å². The topological polar surface area (TPSA) is 72.7 Å². The molecule has 1 aromatic carbocycles. The van der Waals surface area contributed by atoms with E-state index in [0.717, 1.165) is 23.6 Å². The van der Waals surface area contributed by atoms with Gasteiger partial charge in [0.25, 0.3) is 0 Å². The molecule has 6 nitrogen and oxygen atoms in total. The first-order chi connectivity index (χ1) is 10.2. The molecule has 2 aromatic rings. The Kier molecular flexibility index (Phi) is 4.19. The third-order valence-corrected chi connectivity index (χ3v) is 4.36. The second-order valence-electron chi connectivity index (χ2n) is 5.10. The number of tetrazole rings is 1. The molecular formula is C14H17N5OS. The lowest BCUT2D eigenvalue weighted by Crippen LogP contribution is -2.30. The van der Waals surface area contributed by atoms with E-state index in [2.05, 4.69) is 20.8 Å². The molecule has 1 aliphatic carbocycles. The highest BCUT2D eigenvalue weighted by atomic mass is 32.2. The average Bonchev–Trinajstić information content (AvgIpc) is 3.26. The zero-order chi connectivity index (χ0) is 14.7. The molecule has 21 heavy (non-hydrogen) atoms. The highest BCUT2D eigenvalue weighted by Gasteiger charge is 2.29. The molecule has 1 unspecified atom stereocenters. The van der Waals surface area contributed by atoms with Crippen molar-refractivity contribution in [3.8, 4) is 0 Å². The number of hydrogen-bond acceptors (Lipinski definition) is 5. The van der Waals surface area contributed by atoms with Gasteiger partial charge < -0.3 is 5.32 Å². The van der Waals surface area contributed by atoms with Crippen LogP contribution in [-0.4, -0.2) is 31.4 Å². The van der Waals surface area contributed by atoms with Crippen LogP contribution < -0.4 is 5.32 Å². The smallest absolute Gasteiger partial charge is 0.233 e. The fourth-order valence-electron chi connectivity index (χ4n) is 1.95. The Labute approximate surface area is 127 Å². The van der Waals surface area contributed by atoms with E-state index < -0.39 is 0 Å². The summed E-state index contributed by atoms with van der Waals surface area (Å²) in [5.41, 5.74) is 1.09. The second-order valence-corrected chi connectivity index (χ2v) is 6.41. The van der Waals surface area contributed by atoms with E-state index in [1.807, 2.05) is 41.9 Å². The molecule has 1 saturated carbocycles. The van der Waals surface area contributed by atoms with Crippen LogP contribution in [0.15, 0.2) is 35.5 Å². The van der Waals surface area contributed by atoms with Crippen LogP contribution in [0.4, 0.5) is 0 Å². The molecule has 7 heteroatoms. The van der Waals surface area contributed by atoms with Gasteiger partial charge in [-0.3, -0.25) is 4.79 Å². The predicted molar refractivity (Wildman–Crippen MR) is 79.7 cm³/mol. The highest BCUT2D eigenvalue weighted by Crippen LogP contribution is 2.37. The number of nitrogens with one attached hydrogen (secondary N) is 1. The Balaban J connectivity index is 1.53. The van der Waals surface area contributed by atoms with Crippen LogP contribution in [0, 0.1) is 0 Å². The van der Waals surface area contributed by atoms with E-state index in [9.17, 15) is 4.79 Å². The number of thioether (sulfide) groups is 1. The van der Waals surface area contributed by atoms with E-state index in [1.54, 1.807) is 0 Å². The average molecular weight is 303 g/mol. The Morgan fingerprint density at radius 2 is 2.19 bits per heavy atom. The van der Waals surface area contributed by atoms with Gasteiger partial charge in [0.1, 0.15) is 0 Å². The molecule has 1 heterocycles. The van der Waals surface area contributed by atoms with Crippen molar-refractivity contribution in [3.05, 3.63) is 35.9 Å². The molecule has 0 spiro atoms. The number of rotatable bonds is 6. The van der Waals surface area contributed by atoms with Crippen LogP contribution in [0.3, 0.4) is 0 Å². The van der Waals surface area contributed by atoms with Crippen molar-refractivity contribution in [2.24, 2.45) is 0 Å². The van der Waals surface area contributed by atoms with Crippen LogP contribution in [0.25, 0.3) is 0 Å². The number of hydrogen-bond donors (Lipinski definition) is 1. The number of aromatic nitrogens is 4. The van der Waals surface area contributed by atoms with Crippen molar-refractivity contribution in [1.82, 2.24) is 25.5 Å². The summed E-state index contributed by atoms with van der Waals surface area (Å²) in [5.74, 6) is -0.00537. The fourth-order valence-corrected chi connectivity index (χ4v) is 2.84. The number of benzene rings is 1. The molecule has 0 saturated heterocycles. The number of carbonyl (C=O) groups excluding carboxylic acids is 1. The minimum absolute atomic E-state index is 0.00537. The quantitative estimate of drug-likeness (QED) is 0.824. The first-order valence-electron chi connectivity index (χ1n) is 7.00. The molecule has 1 N–H and O–H groups in total. The van der Waals surface area contributed by atoms with E-state index in [-0.39, 0.29) is 11.2 Å². The van der Waals surface area contributed by atoms with Crippen molar-refractivity contribution >= 4 is 17.7 Å². The van der Waals surface area contributed by atoms with Gasteiger partial charge in [0.05, 0.1) is 11.3 Å². The molecule has 1 aliphatic rings. The van der Waals surface area contributed by atoms with Crippen LogP contribution in [0.1, 0.15) is 31.4 Å². The summed E-state index contributed by atoms with van der Waals surface area (Å²) in [5, 5.41) is 15.1. The van der Waals surface area contributed by atoms with Crippen molar-refractivity contribution in [2.75, 3.05) is 0 Å². The lowest BCUT2D eigenvalue weighted by atomic mass is 10.2. The highest BCUT2D eigenvalue weighted by molar-refractivity contribution is 8.00. The molecule has 0 bridgehead atoms. The minimum atomic E-state index is -0.225. The maximum Gasteiger partial charge on any atom is 0.233 e. The summed E-state index contributed by atoms with van der Waals surface area (Å²) < 4.78 is 1.83. The summed E-state index contributed by atoms with van der Waals surface area (Å²) >= 11 is 1.40. The molecule has 1 aromatic heterocycles. The van der Waals surface area contributed by atoms with Gasteiger partial charge in [-0.1, -0.05) is 42.1 Å². The Bertz CT molecular complexity index is 611. The van der Waals surface area contributed by atoms with Gasteiger partial charge in [-0.25, -0.2) is 4.68 Å². The molecule has 0 aliphatic heterocycles. The number of nitrogens with zero attached hydrogens (tertiary/aromatic N) is 4. The fraction of sp³-hybridized carbons (Fsp3) is 0.429. The number of amides is 1. The third kappa shape index (κ3) is 3.60. The van der Waals surface area contributed by atoms with Crippen LogP contribution in [0.2, 0.25) is 0 Å². The first-order valence-corrected chi connectivity index (χ1v) is 7.88. The maximum absolute atomic E-state index is 12.1. The molecule has 1 amide bonds. The van der Waals surface area contributed by atoms with E-state index in [0.29, 0.717) is 12.6 Å². The monoisotopic (exact) mass is 303 g/mol. The van der Waals surface area contributed by atoms with Gasteiger partial charge in [-0.15, -0.1) is 5.10 Å². The standard InChI is InChI=1S/C14H17N5OS/c1-10(13(20)15-9-11-5-3-2-4-6-11)21-14-16-17-18-19(14)12-7-8-12/h2-6,10,12H,7-9H2,1H3,(H,15,20). The molecule has 110 valence electrons. The summed E-state index contributed by atoms with van der Waals surface area (Å²) in [6.07, 6.45) is 2.24. The van der Waals surface area contributed by atoms with E-state index in [4.69, 9.17) is 0 Å². The van der Waals surface area contributed by atoms with Gasteiger partial charge in [0, 0.05) is 6.54 Å². The maximum atomic E-state index is 12.1. The second kappa shape index (κ2) is 6.26.